The number of amides is 1. The number of carbonyl (C=O) groups is 1. The molecule has 1 fully saturated rings. The van der Waals surface area contributed by atoms with E-state index in [0.29, 0.717) is 11.6 Å². The molecule has 1 aromatic carbocycles. The van der Waals surface area contributed by atoms with Crippen LogP contribution in [0.15, 0.2) is 29.2 Å². The summed E-state index contributed by atoms with van der Waals surface area (Å²) in [5.74, 6) is 0.112. The van der Waals surface area contributed by atoms with Crippen molar-refractivity contribution in [2.24, 2.45) is 0 Å². The van der Waals surface area contributed by atoms with Gasteiger partial charge in [-0.05, 0) is 44.0 Å². The van der Waals surface area contributed by atoms with Crippen molar-refractivity contribution >= 4 is 17.7 Å². The van der Waals surface area contributed by atoms with Crippen LogP contribution in [-0.4, -0.2) is 17.2 Å². The van der Waals surface area contributed by atoms with Crippen molar-refractivity contribution < 1.29 is 4.79 Å². The summed E-state index contributed by atoms with van der Waals surface area (Å²) in [6, 6.07) is 9.81. The Balaban J connectivity index is 1.86. The molecule has 100 valence electrons. The molecule has 1 N–H and O–H groups in total. The fraction of sp³-hybridized carbons (Fsp3) is 0.467. The molecule has 0 saturated heterocycles. The van der Waals surface area contributed by atoms with Gasteiger partial charge in [-0.25, -0.2) is 0 Å². The van der Waals surface area contributed by atoms with Crippen LogP contribution in [0.5, 0.6) is 0 Å². The van der Waals surface area contributed by atoms with Gasteiger partial charge in [0.05, 0.1) is 16.9 Å². The summed E-state index contributed by atoms with van der Waals surface area (Å²) in [6.45, 7) is 1.92. The molecule has 1 saturated carbocycles. The standard InChI is InChI=1S/C15H18N2OS/c1-11(15(18)17-13-4-2-3-5-13)19-14-8-6-12(10-16)7-9-14/h6-9,11,13H,2-5H2,1H3,(H,17,18)/t11-/m1/s1. The van der Waals surface area contributed by atoms with Crippen molar-refractivity contribution in [1.82, 2.24) is 5.32 Å². The first-order valence-corrected chi connectivity index (χ1v) is 7.54. The molecule has 0 unspecified atom stereocenters. The van der Waals surface area contributed by atoms with Crippen molar-refractivity contribution in [2.45, 2.75) is 48.8 Å². The molecule has 1 amide bonds. The molecule has 1 atom stereocenters. The number of nitrogens with one attached hydrogen (secondary N) is 1. The number of thioether (sulfide) groups is 1. The van der Waals surface area contributed by atoms with Gasteiger partial charge in [0.2, 0.25) is 5.91 Å². The van der Waals surface area contributed by atoms with Crippen LogP contribution in [0.4, 0.5) is 0 Å². The Bertz CT molecular complexity index is 472. The molecule has 1 aliphatic rings. The topological polar surface area (TPSA) is 52.9 Å². The Morgan fingerprint density at radius 1 is 1.37 bits per heavy atom. The van der Waals surface area contributed by atoms with Crippen LogP contribution >= 0.6 is 11.8 Å². The van der Waals surface area contributed by atoms with E-state index in [0.717, 1.165) is 17.7 Å². The predicted molar refractivity (Wildman–Crippen MR) is 76.9 cm³/mol. The minimum atomic E-state index is -0.103. The number of hydrogen-bond acceptors (Lipinski definition) is 3. The Hall–Kier alpha value is -1.47. The van der Waals surface area contributed by atoms with Crippen LogP contribution in [0.2, 0.25) is 0 Å². The average molecular weight is 274 g/mol. The lowest BCUT2D eigenvalue weighted by atomic mass is 10.2. The molecule has 19 heavy (non-hydrogen) atoms. The zero-order valence-corrected chi connectivity index (χ0v) is 11.9. The summed E-state index contributed by atoms with van der Waals surface area (Å²) < 4.78 is 0. The Morgan fingerprint density at radius 3 is 2.58 bits per heavy atom. The van der Waals surface area contributed by atoms with Crippen molar-refractivity contribution in [1.29, 1.82) is 5.26 Å². The van der Waals surface area contributed by atoms with Gasteiger partial charge < -0.3 is 5.32 Å². The van der Waals surface area contributed by atoms with E-state index in [1.54, 1.807) is 12.1 Å². The highest BCUT2D eigenvalue weighted by atomic mass is 32.2. The van der Waals surface area contributed by atoms with E-state index >= 15 is 0 Å². The number of nitriles is 1. The van der Waals surface area contributed by atoms with E-state index in [1.807, 2.05) is 19.1 Å². The number of carbonyl (C=O) groups excluding carboxylic acids is 1. The third kappa shape index (κ3) is 4.00. The normalized spacial score (nSPS) is 16.8. The van der Waals surface area contributed by atoms with Crippen LogP contribution in [0.25, 0.3) is 0 Å². The minimum absolute atomic E-state index is 0.103. The molecular weight excluding hydrogens is 256 g/mol. The van der Waals surface area contributed by atoms with Gasteiger partial charge in [-0.3, -0.25) is 4.79 Å². The van der Waals surface area contributed by atoms with Crippen molar-refractivity contribution in [3.05, 3.63) is 29.8 Å². The molecule has 0 spiro atoms. The summed E-state index contributed by atoms with van der Waals surface area (Å²) in [7, 11) is 0. The van der Waals surface area contributed by atoms with E-state index in [-0.39, 0.29) is 11.2 Å². The van der Waals surface area contributed by atoms with Crippen molar-refractivity contribution in [3.8, 4) is 6.07 Å². The average Bonchev–Trinajstić information content (AvgIpc) is 2.92. The Kier molecular flexibility index (Phi) is 4.86. The zero-order valence-electron chi connectivity index (χ0n) is 11.1. The number of hydrogen-bond donors (Lipinski definition) is 1. The SMILES string of the molecule is C[C@@H](Sc1ccc(C#N)cc1)C(=O)NC1CCCC1. The third-order valence-corrected chi connectivity index (χ3v) is 4.48. The van der Waals surface area contributed by atoms with Crippen LogP contribution in [0.1, 0.15) is 38.2 Å². The van der Waals surface area contributed by atoms with Gasteiger partial charge in [0.1, 0.15) is 0 Å². The predicted octanol–water partition coefficient (Wildman–Crippen LogP) is 3.10. The molecule has 1 aromatic rings. The molecule has 4 heteroatoms. The summed E-state index contributed by atoms with van der Waals surface area (Å²) in [6.07, 6.45) is 4.67. The number of nitrogens with zero attached hydrogens (tertiary/aromatic N) is 1. The van der Waals surface area contributed by atoms with Crippen LogP contribution in [0, 0.1) is 11.3 Å². The second-order valence-electron chi connectivity index (χ2n) is 4.89. The molecular formula is C15H18N2OS. The van der Waals surface area contributed by atoms with E-state index < -0.39 is 0 Å². The van der Waals surface area contributed by atoms with E-state index in [9.17, 15) is 4.79 Å². The van der Waals surface area contributed by atoms with Crippen LogP contribution in [-0.2, 0) is 4.79 Å². The minimum Gasteiger partial charge on any atom is -0.352 e. The summed E-state index contributed by atoms with van der Waals surface area (Å²) >= 11 is 1.53. The Labute approximate surface area is 118 Å². The molecule has 0 aliphatic heterocycles. The van der Waals surface area contributed by atoms with E-state index in [4.69, 9.17) is 5.26 Å². The van der Waals surface area contributed by atoms with Gasteiger partial charge in [0.15, 0.2) is 0 Å². The van der Waals surface area contributed by atoms with Gasteiger partial charge in [-0.15, -0.1) is 11.8 Å². The monoisotopic (exact) mass is 274 g/mol. The highest BCUT2D eigenvalue weighted by molar-refractivity contribution is 8.00. The highest BCUT2D eigenvalue weighted by Crippen LogP contribution is 2.24. The lowest BCUT2D eigenvalue weighted by Gasteiger charge is -2.16. The van der Waals surface area contributed by atoms with Crippen LogP contribution < -0.4 is 5.32 Å². The largest absolute Gasteiger partial charge is 0.352 e. The number of rotatable bonds is 4. The molecule has 0 aromatic heterocycles. The van der Waals surface area contributed by atoms with E-state index in [2.05, 4.69) is 11.4 Å². The van der Waals surface area contributed by atoms with Gasteiger partial charge in [0, 0.05) is 10.9 Å². The van der Waals surface area contributed by atoms with Crippen molar-refractivity contribution in [3.63, 3.8) is 0 Å². The molecule has 2 rings (SSSR count). The lowest BCUT2D eigenvalue weighted by Crippen LogP contribution is -2.37. The second kappa shape index (κ2) is 6.63. The molecule has 0 bridgehead atoms. The summed E-state index contributed by atoms with van der Waals surface area (Å²) in [4.78, 5) is 13.1. The van der Waals surface area contributed by atoms with Gasteiger partial charge in [-0.2, -0.15) is 5.26 Å². The maximum Gasteiger partial charge on any atom is 0.233 e. The summed E-state index contributed by atoms with van der Waals surface area (Å²) in [5, 5.41) is 11.7. The van der Waals surface area contributed by atoms with E-state index in [1.165, 1.54) is 24.6 Å². The maximum absolute atomic E-state index is 12.0. The smallest absolute Gasteiger partial charge is 0.233 e. The number of benzene rings is 1. The molecule has 3 nitrogen and oxygen atoms in total. The molecule has 0 radical (unpaired) electrons. The third-order valence-electron chi connectivity index (χ3n) is 3.37. The van der Waals surface area contributed by atoms with Gasteiger partial charge in [0.25, 0.3) is 0 Å². The van der Waals surface area contributed by atoms with Crippen molar-refractivity contribution in [2.75, 3.05) is 0 Å². The maximum atomic E-state index is 12.0. The van der Waals surface area contributed by atoms with Crippen LogP contribution in [0.3, 0.4) is 0 Å². The fourth-order valence-electron chi connectivity index (χ4n) is 2.25. The highest BCUT2D eigenvalue weighted by Gasteiger charge is 2.21. The van der Waals surface area contributed by atoms with Gasteiger partial charge in [-0.1, -0.05) is 12.8 Å². The first-order valence-electron chi connectivity index (χ1n) is 6.66. The quantitative estimate of drug-likeness (QED) is 0.858. The molecule has 1 aliphatic carbocycles. The van der Waals surface area contributed by atoms with Gasteiger partial charge >= 0.3 is 0 Å². The molecule has 0 heterocycles. The first-order chi connectivity index (χ1) is 9.19. The Morgan fingerprint density at radius 2 is 2.00 bits per heavy atom. The lowest BCUT2D eigenvalue weighted by molar-refractivity contribution is -0.120. The first kappa shape index (κ1) is 14.0. The zero-order chi connectivity index (χ0) is 13.7. The second-order valence-corrected chi connectivity index (χ2v) is 6.30. The summed E-state index contributed by atoms with van der Waals surface area (Å²) in [5.41, 5.74) is 0.646. The fourth-order valence-corrected chi connectivity index (χ4v) is 3.13.